The van der Waals surface area contributed by atoms with Gasteiger partial charge in [-0.05, 0) is 30.9 Å². The summed E-state index contributed by atoms with van der Waals surface area (Å²) in [7, 11) is 0. The summed E-state index contributed by atoms with van der Waals surface area (Å²) in [4.78, 5) is 25.9. The van der Waals surface area contributed by atoms with Crippen molar-refractivity contribution in [3.8, 4) is 5.69 Å². The third-order valence-electron chi connectivity index (χ3n) is 5.51. The van der Waals surface area contributed by atoms with Crippen LogP contribution in [0.15, 0.2) is 36.5 Å². The number of nitrogens with one attached hydrogen (secondary N) is 1. The first-order valence-corrected chi connectivity index (χ1v) is 8.97. The number of aliphatic carboxylic acids is 1. The molecular weight excluding hydrogens is 356 g/mol. The van der Waals surface area contributed by atoms with Crippen LogP contribution in [0.2, 0.25) is 5.02 Å². The van der Waals surface area contributed by atoms with Crippen LogP contribution in [0.3, 0.4) is 0 Å². The summed E-state index contributed by atoms with van der Waals surface area (Å²) in [5.74, 6) is -0.360. The maximum atomic E-state index is 12.6. The predicted molar refractivity (Wildman–Crippen MR) is 96.6 cm³/mol. The molecule has 2 atom stereocenters. The van der Waals surface area contributed by atoms with Crippen molar-refractivity contribution < 1.29 is 14.7 Å². The Labute approximate surface area is 155 Å². The molecule has 1 aliphatic heterocycles. The summed E-state index contributed by atoms with van der Waals surface area (Å²) in [6.07, 6.45) is 4.12. The molecule has 0 radical (unpaired) electrons. The second-order valence-corrected chi connectivity index (χ2v) is 7.37. The van der Waals surface area contributed by atoms with Crippen LogP contribution in [-0.2, 0) is 4.79 Å². The molecular formula is C18H19ClN4O3. The third kappa shape index (κ3) is 2.72. The molecule has 4 rings (SSSR count). The Kier molecular flexibility index (Phi) is 4.11. The van der Waals surface area contributed by atoms with E-state index in [4.69, 9.17) is 11.6 Å². The topological polar surface area (TPSA) is 87.5 Å². The fraction of sp³-hybridized carbons (Fsp3) is 0.389. The SMILES string of the molecule is O=C(Nc1ccn(-c2ccccc2Cl)n1)N1C[C@@H]2CCC[C@@]2(C(=O)O)C1. The van der Waals surface area contributed by atoms with Gasteiger partial charge < -0.3 is 10.0 Å². The van der Waals surface area contributed by atoms with Crippen LogP contribution < -0.4 is 5.32 Å². The van der Waals surface area contributed by atoms with Crippen molar-refractivity contribution in [2.24, 2.45) is 11.3 Å². The first-order valence-electron chi connectivity index (χ1n) is 8.59. The van der Waals surface area contributed by atoms with E-state index in [1.54, 1.807) is 27.9 Å². The number of para-hydroxylation sites is 1. The highest BCUT2D eigenvalue weighted by molar-refractivity contribution is 6.32. The van der Waals surface area contributed by atoms with E-state index in [-0.39, 0.29) is 18.5 Å². The Hall–Kier alpha value is -2.54. The minimum absolute atomic E-state index is 0.0337. The van der Waals surface area contributed by atoms with Gasteiger partial charge in [0.1, 0.15) is 0 Å². The van der Waals surface area contributed by atoms with Crippen LogP contribution in [-0.4, -0.2) is 44.9 Å². The van der Waals surface area contributed by atoms with Gasteiger partial charge in [0.15, 0.2) is 5.82 Å². The molecule has 2 N–H and O–H groups in total. The number of aromatic nitrogens is 2. The van der Waals surface area contributed by atoms with Crippen LogP contribution >= 0.6 is 11.6 Å². The highest BCUT2D eigenvalue weighted by Crippen LogP contribution is 2.48. The number of urea groups is 1. The number of benzene rings is 1. The van der Waals surface area contributed by atoms with Crippen molar-refractivity contribution in [1.29, 1.82) is 0 Å². The molecule has 136 valence electrons. The number of carbonyl (C=O) groups is 2. The summed E-state index contributed by atoms with van der Waals surface area (Å²) in [6.45, 7) is 0.730. The number of likely N-dealkylation sites (tertiary alicyclic amines) is 1. The number of hydrogen-bond acceptors (Lipinski definition) is 3. The lowest BCUT2D eigenvalue weighted by Gasteiger charge is -2.23. The van der Waals surface area contributed by atoms with Crippen LogP contribution in [0.4, 0.5) is 10.6 Å². The Bertz CT molecular complexity index is 868. The zero-order chi connectivity index (χ0) is 18.3. The number of halogens is 1. The number of carboxylic acids is 1. The van der Waals surface area contributed by atoms with E-state index in [2.05, 4.69) is 10.4 Å². The smallest absolute Gasteiger partial charge is 0.323 e. The fourth-order valence-electron chi connectivity index (χ4n) is 4.14. The average Bonchev–Trinajstić information content (AvgIpc) is 3.29. The van der Waals surface area contributed by atoms with E-state index in [0.717, 1.165) is 18.5 Å². The second-order valence-electron chi connectivity index (χ2n) is 6.96. The van der Waals surface area contributed by atoms with Gasteiger partial charge in [0.25, 0.3) is 0 Å². The lowest BCUT2D eigenvalue weighted by molar-refractivity contribution is -0.149. The molecule has 1 aromatic heterocycles. The molecule has 2 aromatic rings. The van der Waals surface area contributed by atoms with Gasteiger partial charge in [-0.1, -0.05) is 30.2 Å². The fourth-order valence-corrected chi connectivity index (χ4v) is 4.37. The Balaban J connectivity index is 1.47. The number of amides is 2. The van der Waals surface area contributed by atoms with Crippen LogP contribution in [0.25, 0.3) is 5.69 Å². The summed E-state index contributed by atoms with van der Waals surface area (Å²) >= 11 is 6.16. The van der Waals surface area contributed by atoms with Gasteiger partial charge in [0.05, 0.1) is 16.1 Å². The molecule has 8 heteroatoms. The van der Waals surface area contributed by atoms with E-state index >= 15 is 0 Å². The molecule has 7 nitrogen and oxygen atoms in total. The number of fused-ring (bicyclic) bond motifs is 1. The molecule has 0 bridgehead atoms. The van der Waals surface area contributed by atoms with Crippen LogP contribution in [0, 0.1) is 11.3 Å². The largest absolute Gasteiger partial charge is 0.481 e. The van der Waals surface area contributed by atoms with Crippen molar-refractivity contribution in [2.75, 3.05) is 18.4 Å². The standard InChI is InChI=1S/C18H19ClN4O3/c19-13-5-1-2-6-14(13)23-9-7-15(21-23)20-17(26)22-10-12-4-3-8-18(12,11-22)16(24)25/h1-2,5-7,9,12H,3-4,8,10-11H2,(H,24,25)(H,20,21,26)/t12-,18+/m0/s1. The number of rotatable bonds is 3. The number of carbonyl (C=O) groups excluding carboxylic acids is 1. The van der Waals surface area contributed by atoms with Gasteiger partial charge in [0.2, 0.25) is 0 Å². The van der Waals surface area contributed by atoms with Crippen LogP contribution in [0.1, 0.15) is 19.3 Å². The van der Waals surface area contributed by atoms with Gasteiger partial charge >= 0.3 is 12.0 Å². The third-order valence-corrected chi connectivity index (χ3v) is 5.83. The van der Waals surface area contributed by atoms with Crippen molar-refractivity contribution in [1.82, 2.24) is 14.7 Å². The Morgan fingerprint density at radius 2 is 2.12 bits per heavy atom. The van der Waals surface area contributed by atoms with E-state index in [1.807, 2.05) is 18.2 Å². The quantitative estimate of drug-likeness (QED) is 0.863. The molecule has 2 heterocycles. The monoisotopic (exact) mass is 374 g/mol. The lowest BCUT2D eigenvalue weighted by Crippen LogP contribution is -2.38. The van der Waals surface area contributed by atoms with Gasteiger partial charge in [-0.2, -0.15) is 0 Å². The summed E-state index contributed by atoms with van der Waals surface area (Å²) < 4.78 is 1.59. The van der Waals surface area contributed by atoms with Crippen LogP contribution in [0.5, 0.6) is 0 Å². The molecule has 1 saturated carbocycles. The molecule has 0 spiro atoms. The van der Waals surface area contributed by atoms with E-state index in [9.17, 15) is 14.7 Å². The molecule has 2 fully saturated rings. The van der Waals surface area contributed by atoms with Crippen molar-refractivity contribution in [3.63, 3.8) is 0 Å². The predicted octanol–water partition coefficient (Wildman–Crippen LogP) is 3.24. The molecule has 2 amide bonds. The summed E-state index contributed by atoms with van der Waals surface area (Å²) in [6, 6.07) is 8.66. The Morgan fingerprint density at radius 3 is 2.85 bits per heavy atom. The highest BCUT2D eigenvalue weighted by atomic mass is 35.5. The molecule has 1 aliphatic carbocycles. The van der Waals surface area contributed by atoms with E-state index < -0.39 is 11.4 Å². The Morgan fingerprint density at radius 1 is 1.31 bits per heavy atom. The highest BCUT2D eigenvalue weighted by Gasteiger charge is 2.55. The van der Waals surface area contributed by atoms with Gasteiger partial charge in [-0.25, -0.2) is 9.48 Å². The maximum Gasteiger partial charge on any atom is 0.323 e. The lowest BCUT2D eigenvalue weighted by atomic mass is 9.81. The van der Waals surface area contributed by atoms with Gasteiger partial charge in [-0.15, -0.1) is 5.10 Å². The van der Waals surface area contributed by atoms with Crippen molar-refractivity contribution in [2.45, 2.75) is 19.3 Å². The van der Waals surface area contributed by atoms with Gasteiger partial charge in [0, 0.05) is 25.4 Å². The first-order chi connectivity index (χ1) is 12.5. The molecule has 1 saturated heterocycles. The molecule has 0 unspecified atom stereocenters. The van der Waals surface area contributed by atoms with Gasteiger partial charge in [-0.3, -0.25) is 10.1 Å². The zero-order valence-electron chi connectivity index (χ0n) is 14.1. The molecule has 1 aromatic carbocycles. The zero-order valence-corrected chi connectivity index (χ0v) is 14.8. The van der Waals surface area contributed by atoms with Crippen molar-refractivity contribution in [3.05, 3.63) is 41.6 Å². The minimum Gasteiger partial charge on any atom is -0.481 e. The molecule has 2 aliphatic rings. The molecule has 26 heavy (non-hydrogen) atoms. The van der Waals surface area contributed by atoms with E-state index in [1.165, 1.54) is 0 Å². The second kappa shape index (κ2) is 6.32. The van der Waals surface area contributed by atoms with E-state index in [0.29, 0.717) is 23.8 Å². The number of hydrogen-bond donors (Lipinski definition) is 2. The number of anilines is 1. The summed E-state index contributed by atoms with van der Waals surface area (Å²) in [5, 5.41) is 17.3. The first kappa shape index (κ1) is 16.9. The minimum atomic E-state index is -0.793. The van der Waals surface area contributed by atoms with Crippen molar-refractivity contribution >= 4 is 29.4 Å². The normalized spacial score (nSPS) is 24.5. The number of carboxylic acid groups (broad SMARTS) is 1. The average molecular weight is 375 g/mol. The summed E-state index contributed by atoms with van der Waals surface area (Å²) in [5.41, 5.74) is -0.0657. The number of nitrogens with zero attached hydrogens (tertiary/aromatic N) is 3. The maximum absolute atomic E-state index is 12.6.